The zero-order valence-corrected chi connectivity index (χ0v) is 13.1. The van der Waals surface area contributed by atoms with Crippen LogP contribution in [0, 0.1) is 10.1 Å². The van der Waals surface area contributed by atoms with Gasteiger partial charge in [0.05, 0.1) is 21.2 Å². The maximum absolute atomic E-state index is 12.7. The standard InChI is InChI=1S/C16H10ClF3N2O3/c17-13-7-4-11(16(18,19)20)9-14(13)21-15(23)8-3-10-1-5-12(6-2-10)22(24)25/h1-9H,(H,21,23)/b8-3+. The van der Waals surface area contributed by atoms with E-state index in [4.69, 9.17) is 11.6 Å². The second kappa shape index (κ2) is 7.35. The van der Waals surface area contributed by atoms with Crippen LogP contribution in [0.25, 0.3) is 6.08 Å². The Bertz CT molecular complexity index is 834. The number of nitro benzene ring substituents is 1. The summed E-state index contributed by atoms with van der Waals surface area (Å²) in [5.74, 6) is -0.695. The maximum Gasteiger partial charge on any atom is 0.416 e. The molecule has 130 valence electrons. The predicted octanol–water partition coefficient (Wildman–Crippen LogP) is 4.92. The fourth-order valence-electron chi connectivity index (χ4n) is 1.85. The van der Waals surface area contributed by atoms with Crippen LogP contribution in [0.2, 0.25) is 5.02 Å². The summed E-state index contributed by atoms with van der Waals surface area (Å²) in [6.07, 6.45) is -2.11. The van der Waals surface area contributed by atoms with Gasteiger partial charge < -0.3 is 5.32 Å². The lowest BCUT2D eigenvalue weighted by molar-refractivity contribution is -0.384. The molecule has 0 fully saturated rings. The summed E-state index contributed by atoms with van der Waals surface area (Å²) in [4.78, 5) is 21.8. The number of alkyl halides is 3. The zero-order valence-electron chi connectivity index (χ0n) is 12.4. The monoisotopic (exact) mass is 370 g/mol. The van der Waals surface area contributed by atoms with Gasteiger partial charge in [-0.25, -0.2) is 0 Å². The number of nitro groups is 1. The van der Waals surface area contributed by atoms with E-state index in [1.807, 2.05) is 0 Å². The molecule has 0 atom stereocenters. The zero-order chi connectivity index (χ0) is 18.6. The highest BCUT2D eigenvalue weighted by Crippen LogP contribution is 2.33. The van der Waals surface area contributed by atoms with Crippen LogP contribution in [0.4, 0.5) is 24.5 Å². The van der Waals surface area contributed by atoms with Crippen LogP contribution < -0.4 is 5.32 Å². The average molecular weight is 371 g/mol. The van der Waals surface area contributed by atoms with Crippen molar-refractivity contribution in [3.05, 3.63) is 74.8 Å². The van der Waals surface area contributed by atoms with Gasteiger partial charge in [0.15, 0.2) is 0 Å². The number of carbonyl (C=O) groups excluding carboxylic acids is 1. The molecule has 0 radical (unpaired) electrons. The van der Waals surface area contributed by atoms with Crippen LogP contribution in [0.15, 0.2) is 48.5 Å². The maximum atomic E-state index is 12.7. The van der Waals surface area contributed by atoms with Crippen molar-refractivity contribution in [1.29, 1.82) is 0 Å². The van der Waals surface area contributed by atoms with Crippen LogP contribution in [0.3, 0.4) is 0 Å². The number of hydrogen-bond donors (Lipinski definition) is 1. The number of nitrogens with one attached hydrogen (secondary N) is 1. The summed E-state index contributed by atoms with van der Waals surface area (Å²) < 4.78 is 38.0. The third-order valence-electron chi connectivity index (χ3n) is 3.08. The second-order valence-corrected chi connectivity index (χ2v) is 5.27. The Morgan fingerprint density at radius 2 is 1.80 bits per heavy atom. The molecule has 1 N–H and O–H groups in total. The Labute approximate surface area is 144 Å². The third kappa shape index (κ3) is 5.05. The van der Waals surface area contributed by atoms with E-state index in [1.54, 1.807) is 0 Å². The topological polar surface area (TPSA) is 72.2 Å². The first-order chi connectivity index (χ1) is 11.7. The molecule has 2 aromatic rings. The molecule has 0 spiro atoms. The smallest absolute Gasteiger partial charge is 0.321 e. The first kappa shape index (κ1) is 18.5. The van der Waals surface area contributed by atoms with Crippen molar-refractivity contribution < 1.29 is 22.9 Å². The van der Waals surface area contributed by atoms with Crippen molar-refractivity contribution in [3.8, 4) is 0 Å². The number of hydrogen-bond acceptors (Lipinski definition) is 3. The van der Waals surface area contributed by atoms with Gasteiger partial charge in [0.2, 0.25) is 5.91 Å². The Kier molecular flexibility index (Phi) is 5.43. The quantitative estimate of drug-likeness (QED) is 0.471. The van der Waals surface area contributed by atoms with Crippen molar-refractivity contribution in [2.75, 3.05) is 5.32 Å². The van der Waals surface area contributed by atoms with Gasteiger partial charge in [-0.1, -0.05) is 11.6 Å². The Morgan fingerprint density at radius 3 is 2.36 bits per heavy atom. The van der Waals surface area contributed by atoms with Gasteiger partial charge in [-0.3, -0.25) is 14.9 Å². The number of non-ortho nitro benzene ring substituents is 1. The van der Waals surface area contributed by atoms with E-state index in [-0.39, 0.29) is 16.4 Å². The van der Waals surface area contributed by atoms with Gasteiger partial charge in [-0.05, 0) is 42.0 Å². The van der Waals surface area contributed by atoms with Crippen LogP contribution in [-0.2, 0) is 11.0 Å². The van der Waals surface area contributed by atoms with Gasteiger partial charge in [0.1, 0.15) is 0 Å². The van der Waals surface area contributed by atoms with Crippen LogP contribution >= 0.6 is 11.6 Å². The van der Waals surface area contributed by atoms with Crippen LogP contribution in [0.1, 0.15) is 11.1 Å². The number of rotatable bonds is 4. The van der Waals surface area contributed by atoms with Crippen LogP contribution in [0.5, 0.6) is 0 Å². The summed E-state index contributed by atoms with van der Waals surface area (Å²) in [7, 11) is 0. The fourth-order valence-corrected chi connectivity index (χ4v) is 2.02. The molecule has 0 bridgehead atoms. The molecule has 0 aromatic heterocycles. The lowest BCUT2D eigenvalue weighted by Crippen LogP contribution is -2.11. The van der Waals surface area contributed by atoms with Crippen molar-refractivity contribution in [3.63, 3.8) is 0 Å². The normalized spacial score (nSPS) is 11.5. The summed E-state index contributed by atoms with van der Waals surface area (Å²) in [5, 5.41) is 12.8. The molecule has 0 saturated carbocycles. The van der Waals surface area contributed by atoms with Crippen LogP contribution in [-0.4, -0.2) is 10.8 Å². The molecule has 0 heterocycles. The SMILES string of the molecule is O=C(/C=C/c1ccc([N+](=O)[O-])cc1)Nc1cc(C(F)(F)F)ccc1Cl. The summed E-state index contributed by atoms with van der Waals surface area (Å²) >= 11 is 5.78. The number of halogens is 4. The van der Waals surface area contributed by atoms with Crippen molar-refractivity contribution in [2.45, 2.75) is 6.18 Å². The van der Waals surface area contributed by atoms with E-state index in [2.05, 4.69) is 5.32 Å². The molecule has 0 saturated heterocycles. The van der Waals surface area contributed by atoms with E-state index >= 15 is 0 Å². The molecule has 1 amide bonds. The molecule has 0 unspecified atom stereocenters. The van der Waals surface area contributed by atoms with Gasteiger partial charge >= 0.3 is 6.18 Å². The summed E-state index contributed by atoms with van der Waals surface area (Å²) in [5.41, 5.74) is -0.699. The van der Waals surface area contributed by atoms with E-state index in [0.29, 0.717) is 5.56 Å². The second-order valence-electron chi connectivity index (χ2n) is 4.86. The molecule has 2 aromatic carbocycles. The van der Waals surface area contributed by atoms with E-state index in [9.17, 15) is 28.1 Å². The van der Waals surface area contributed by atoms with Gasteiger partial charge in [-0.2, -0.15) is 13.2 Å². The molecule has 2 rings (SSSR count). The molecular formula is C16H10ClF3N2O3. The first-order valence-electron chi connectivity index (χ1n) is 6.77. The minimum absolute atomic E-state index is 0.0370. The minimum atomic E-state index is -4.56. The Balaban J connectivity index is 2.10. The highest BCUT2D eigenvalue weighted by Gasteiger charge is 2.31. The fraction of sp³-hybridized carbons (Fsp3) is 0.0625. The molecule has 0 aliphatic rings. The molecule has 0 aliphatic carbocycles. The largest absolute Gasteiger partial charge is 0.416 e. The lowest BCUT2D eigenvalue weighted by Gasteiger charge is -2.10. The number of nitrogens with zero attached hydrogens (tertiary/aromatic N) is 1. The van der Waals surface area contributed by atoms with Gasteiger partial charge in [0, 0.05) is 18.2 Å². The summed E-state index contributed by atoms with van der Waals surface area (Å²) in [6.45, 7) is 0. The molecule has 5 nitrogen and oxygen atoms in total. The minimum Gasteiger partial charge on any atom is -0.321 e. The molecule has 9 heteroatoms. The molecule has 0 aliphatic heterocycles. The average Bonchev–Trinajstić information content (AvgIpc) is 2.54. The van der Waals surface area contributed by atoms with Crippen molar-refractivity contribution in [1.82, 2.24) is 0 Å². The number of amides is 1. The van der Waals surface area contributed by atoms with Crippen molar-refractivity contribution in [2.24, 2.45) is 0 Å². The van der Waals surface area contributed by atoms with Gasteiger partial charge in [0.25, 0.3) is 5.69 Å². The Morgan fingerprint density at radius 1 is 1.16 bits per heavy atom. The third-order valence-corrected chi connectivity index (χ3v) is 3.41. The predicted molar refractivity (Wildman–Crippen MR) is 87.2 cm³/mol. The Hall–Kier alpha value is -2.87. The molecular weight excluding hydrogens is 361 g/mol. The van der Waals surface area contributed by atoms with Crippen molar-refractivity contribution >= 4 is 35.0 Å². The van der Waals surface area contributed by atoms with E-state index in [0.717, 1.165) is 24.3 Å². The van der Waals surface area contributed by atoms with Gasteiger partial charge in [-0.15, -0.1) is 0 Å². The molecule has 25 heavy (non-hydrogen) atoms. The highest BCUT2D eigenvalue weighted by atomic mass is 35.5. The highest BCUT2D eigenvalue weighted by molar-refractivity contribution is 6.33. The first-order valence-corrected chi connectivity index (χ1v) is 7.15. The summed E-state index contributed by atoms with van der Waals surface area (Å²) in [6, 6.07) is 7.98. The van der Waals surface area contributed by atoms with E-state index < -0.39 is 22.6 Å². The number of anilines is 1. The lowest BCUT2D eigenvalue weighted by atomic mass is 10.2. The number of benzene rings is 2. The van der Waals surface area contributed by atoms with E-state index in [1.165, 1.54) is 30.3 Å². The number of carbonyl (C=O) groups is 1.